The maximum Gasteiger partial charge on any atom is 0.0426 e. The Morgan fingerprint density at radius 2 is 2.27 bits per heavy atom. The number of fused-ring (bicyclic) bond motifs is 1. The largest absolute Gasteiger partial charge is 0.362 e. The van der Waals surface area contributed by atoms with Crippen LogP contribution in [0.4, 0.5) is 5.69 Å². The highest BCUT2D eigenvalue weighted by molar-refractivity contribution is 9.10. The number of nitrogens with one attached hydrogen (secondary N) is 1. The first-order chi connectivity index (χ1) is 5.36. The van der Waals surface area contributed by atoms with E-state index in [2.05, 4.69) is 45.5 Å². The van der Waals surface area contributed by atoms with Gasteiger partial charge < -0.3 is 5.32 Å². The molecule has 1 aromatic carbocycles. The molecule has 0 saturated carbocycles. The fourth-order valence-corrected chi connectivity index (χ4v) is 1.56. The molecule has 1 nitrogen and oxygen atoms in total. The Hall–Kier alpha value is -0.760. The van der Waals surface area contributed by atoms with Crippen LogP contribution in [0.2, 0.25) is 0 Å². The summed E-state index contributed by atoms with van der Waals surface area (Å²) in [5.41, 5.74) is 2.57. The van der Waals surface area contributed by atoms with Gasteiger partial charge in [0.25, 0.3) is 0 Å². The number of allylic oxidation sites excluding steroid dienone is 1. The lowest BCUT2D eigenvalue weighted by Crippen LogP contribution is -1.98. The standard InChI is InChI=1S/C9H8BrN/c10-8-4-3-7-2-1-5-11-9(7)6-8/h1,3-6,11H,2H2. The van der Waals surface area contributed by atoms with Crippen molar-refractivity contribution in [1.82, 2.24) is 0 Å². The van der Waals surface area contributed by atoms with Gasteiger partial charge in [-0.15, -0.1) is 0 Å². The number of rotatable bonds is 0. The molecule has 56 valence electrons. The van der Waals surface area contributed by atoms with E-state index in [1.165, 1.54) is 11.3 Å². The fourth-order valence-electron chi connectivity index (χ4n) is 1.20. The maximum absolute atomic E-state index is 3.43. The first-order valence-electron chi connectivity index (χ1n) is 3.56. The lowest BCUT2D eigenvalue weighted by molar-refractivity contribution is 1.22. The number of anilines is 1. The van der Waals surface area contributed by atoms with Crippen molar-refractivity contribution in [2.24, 2.45) is 0 Å². The lowest BCUT2D eigenvalue weighted by atomic mass is 10.1. The van der Waals surface area contributed by atoms with Gasteiger partial charge in [0.05, 0.1) is 0 Å². The van der Waals surface area contributed by atoms with Crippen molar-refractivity contribution in [3.63, 3.8) is 0 Å². The Morgan fingerprint density at radius 3 is 3.18 bits per heavy atom. The van der Waals surface area contributed by atoms with Gasteiger partial charge in [0.2, 0.25) is 0 Å². The molecule has 1 N–H and O–H groups in total. The molecule has 0 unspecified atom stereocenters. The number of halogens is 1. The smallest absolute Gasteiger partial charge is 0.0426 e. The van der Waals surface area contributed by atoms with Crippen molar-refractivity contribution >= 4 is 21.6 Å². The normalized spacial score (nSPS) is 13.9. The molecule has 0 bridgehead atoms. The van der Waals surface area contributed by atoms with Gasteiger partial charge in [0.1, 0.15) is 0 Å². The summed E-state index contributed by atoms with van der Waals surface area (Å²) in [6.45, 7) is 0. The minimum absolute atomic E-state index is 1.04. The molecule has 0 fully saturated rings. The predicted molar refractivity (Wildman–Crippen MR) is 50.6 cm³/mol. The average Bonchev–Trinajstić information content (AvgIpc) is 2.04. The molecular weight excluding hydrogens is 202 g/mol. The van der Waals surface area contributed by atoms with Gasteiger partial charge in [-0.05, 0) is 30.3 Å². The molecule has 2 heteroatoms. The molecule has 0 atom stereocenters. The molecule has 1 aromatic rings. The number of hydrogen-bond donors (Lipinski definition) is 1. The van der Waals surface area contributed by atoms with E-state index < -0.39 is 0 Å². The molecular formula is C9H8BrN. The molecule has 0 aromatic heterocycles. The van der Waals surface area contributed by atoms with Crippen molar-refractivity contribution in [3.05, 3.63) is 40.5 Å². The topological polar surface area (TPSA) is 12.0 Å². The van der Waals surface area contributed by atoms with Crippen LogP contribution in [0.5, 0.6) is 0 Å². The summed E-state index contributed by atoms with van der Waals surface area (Å²) in [6, 6.07) is 6.30. The Bertz CT molecular complexity index is 304. The van der Waals surface area contributed by atoms with Gasteiger partial charge in [-0.2, -0.15) is 0 Å². The molecule has 11 heavy (non-hydrogen) atoms. The van der Waals surface area contributed by atoms with Gasteiger partial charge in [0.15, 0.2) is 0 Å². The molecule has 0 saturated heterocycles. The molecule has 1 aliphatic rings. The second kappa shape index (κ2) is 2.70. The van der Waals surface area contributed by atoms with Crippen LogP contribution in [0, 0.1) is 0 Å². The van der Waals surface area contributed by atoms with E-state index >= 15 is 0 Å². The zero-order valence-corrected chi connectivity index (χ0v) is 7.56. The third-order valence-electron chi connectivity index (χ3n) is 1.77. The molecule has 1 heterocycles. The Morgan fingerprint density at radius 1 is 1.36 bits per heavy atom. The van der Waals surface area contributed by atoms with Crippen LogP contribution in [0.1, 0.15) is 5.56 Å². The number of hydrogen-bond acceptors (Lipinski definition) is 1. The quantitative estimate of drug-likeness (QED) is 0.694. The number of benzene rings is 1. The molecule has 0 spiro atoms. The van der Waals surface area contributed by atoms with E-state index in [0.29, 0.717) is 0 Å². The molecule has 2 rings (SSSR count). The molecule has 1 aliphatic heterocycles. The van der Waals surface area contributed by atoms with Crippen LogP contribution < -0.4 is 5.32 Å². The summed E-state index contributed by atoms with van der Waals surface area (Å²) in [5, 5.41) is 3.19. The van der Waals surface area contributed by atoms with Crippen molar-refractivity contribution < 1.29 is 0 Å². The molecule has 0 radical (unpaired) electrons. The van der Waals surface area contributed by atoms with Gasteiger partial charge in [-0.25, -0.2) is 0 Å². The van der Waals surface area contributed by atoms with Crippen LogP contribution in [-0.4, -0.2) is 0 Å². The van der Waals surface area contributed by atoms with E-state index in [-0.39, 0.29) is 0 Å². The van der Waals surface area contributed by atoms with Crippen LogP contribution in [0.3, 0.4) is 0 Å². The summed E-state index contributed by atoms with van der Waals surface area (Å²) < 4.78 is 1.12. The monoisotopic (exact) mass is 209 g/mol. The van der Waals surface area contributed by atoms with E-state index in [1.807, 2.05) is 6.20 Å². The van der Waals surface area contributed by atoms with E-state index in [9.17, 15) is 0 Å². The minimum Gasteiger partial charge on any atom is -0.362 e. The summed E-state index contributed by atoms with van der Waals surface area (Å²) in [7, 11) is 0. The first-order valence-corrected chi connectivity index (χ1v) is 4.35. The summed E-state index contributed by atoms with van der Waals surface area (Å²) in [4.78, 5) is 0. The zero-order valence-electron chi connectivity index (χ0n) is 5.97. The van der Waals surface area contributed by atoms with Gasteiger partial charge in [-0.1, -0.05) is 28.1 Å². The summed E-state index contributed by atoms with van der Waals surface area (Å²) in [5.74, 6) is 0. The van der Waals surface area contributed by atoms with E-state index in [1.54, 1.807) is 0 Å². The van der Waals surface area contributed by atoms with Gasteiger partial charge in [-0.3, -0.25) is 0 Å². The highest BCUT2D eigenvalue weighted by Gasteiger charge is 2.02. The third-order valence-corrected chi connectivity index (χ3v) is 2.26. The Kier molecular flexibility index (Phi) is 1.70. The van der Waals surface area contributed by atoms with Crippen molar-refractivity contribution in [3.8, 4) is 0 Å². The minimum atomic E-state index is 1.04. The van der Waals surface area contributed by atoms with Crippen molar-refractivity contribution in [2.75, 3.05) is 5.32 Å². The SMILES string of the molecule is Brc1ccc2c(c1)NC=CC2. The molecule has 0 amide bonds. The predicted octanol–water partition coefficient (Wildman–Crippen LogP) is 2.93. The fraction of sp³-hybridized carbons (Fsp3) is 0.111. The summed E-state index contributed by atoms with van der Waals surface area (Å²) in [6.07, 6.45) is 5.14. The lowest BCUT2D eigenvalue weighted by Gasteiger charge is -2.12. The Balaban J connectivity index is 2.48. The van der Waals surface area contributed by atoms with Crippen LogP contribution in [0.25, 0.3) is 0 Å². The van der Waals surface area contributed by atoms with Crippen LogP contribution in [0.15, 0.2) is 34.9 Å². The van der Waals surface area contributed by atoms with Crippen molar-refractivity contribution in [2.45, 2.75) is 6.42 Å². The third kappa shape index (κ3) is 1.31. The highest BCUT2D eigenvalue weighted by atomic mass is 79.9. The van der Waals surface area contributed by atoms with Crippen LogP contribution >= 0.6 is 15.9 Å². The van der Waals surface area contributed by atoms with Crippen molar-refractivity contribution in [1.29, 1.82) is 0 Å². The van der Waals surface area contributed by atoms with Gasteiger partial charge in [0, 0.05) is 10.2 Å². The molecule has 0 aliphatic carbocycles. The Labute approximate surface area is 74.2 Å². The highest BCUT2D eigenvalue weighted by Crippen LogP contribution is 2.24. The second-order valence-electron chi connectivity index (χ2n) is 2.55. The van der Waals surface area contributed by atoms with E-state index in [0.717, 1.165) is 10.9 Å². The van der Waals surface area contributed by atoms with Gasteiger partial charge >= 0.3 is 0 Å². The first kappa shape index (κ1) is 6.92. The second-order valence-corrected chi connectivity index (χ2v) is 3.47. The zero-order chi connectivity index (χ0) is 7.68. The summed E-state index contributed by atoms with van der Waals surface area (Å²) >= 11 is 3.43. The van der Waals surface area contributed by atoms with E-state index in [4.69, 9.17) is 0 Å². The maximum atomic E-state index is 3.43. The average molecular weight is 210 g/mol. The van der Waals surface area contributed by atoms with Crippen LogP contribution in [-0.2, 0) is 6.42 Å².